The molecular formula is C18H23N3O3. The van der Waals surface area contributed by atoms with Gasteiger partial charge in [0, 0.05) is 39.0 Å². The van der Waals surface area contributed by atoms with E-state index in [1.54, 1.807) is 6.92 Å². The Morgan fingerprint density at radius 3 is 2.62 bits per heavy atom. The highest BCUT2D eigenvalue weighted by Crippen LogP contribution is 2.43. The molecule has 0 radical (unpaired) electrons. The summed E-state index contributed by atoms with van der Waals surface area (Å²) in [7, 11) is 0. The van der Waals surface area contributed by atoms with Crippen LogP contribution in [0.25, 0.3) is 0 Å². The Bertz CT molecular complexity index is 667. The van der Waals surface area contributed by atoms with Gasteiger partial charge in [0.15, 0.2) is 0 Å². The Labute approximate surface area is 142 Å². The number of anilines is 2. The second-order valence-electron chi connectivity index (χ2n) is 6.73. The van der Waals surface area contributed by atoms with Crippen molar-refractivity contribution in [3.63, 3.8) is 0 Å². The first-order valence-corrected chi connectivity index (χ1v) is 8.73. The smallest absolute Gasteiger partial charge is 0.230 e. The molecule has 4 rings (SSSR count). The lowest BCUT2D eigenvalue weighted by Gasteiger charge is -2.42. The first-order chi connectivity index (χ1) is 11.6. The van der Waals surface area contributed by atoms with Crippen LogP contribution < -0.4 is 14.5 Å². The molecule has 1 aromatic rings. The van der Waals surface area contributed by atoms with Gasteiger partial charge < -0.3 is 19.4 Å². The van der Waals surface area contributed by atoms with E-state index in [0.717, 1.165) is 49.6 Å². The summed E-state index contributed by atoms with van der Waals surface area (Å²) in [5, 5.41) is 0. The number of benzene rings is 1. The number of amides is 2. The van der Waals surface area contributed by atoms with Crippen LogP contribution >= 0.6 is 0 Å². The summed E-state index contributed by atoms with van der Waals surface area (Å²) in [6, 6.07) is 5.95. The number of carbonyl (C=O) groups excluding carboxylic acids is 2. The van der Waals surface area contributed by atoms with Crippen LogP contribution in [0.2, 0.25) is 0 Å². The maximum Gasteiger partial charge on any atom is 0.230 e. The lowest BCUT2D eigenvalue weighted by atomic mass is 9.94. The van der Waals surface area contributed by atoms with Gasteiger partial charge in [-0.3, -0.25) is 9.59 Å². The fourth-order valence-corrected chi connectivity index (χ4v) is 4.00. The lowest BCUT2D eigenvalue weighted by molar-refractivity contribution is -0.133. The number of carbonyl (C=O) groups is 2. The predicted octanol–water partition coefficient (Wildman–Crippen LogP) is 1.49. The molecule has 1 saturated heterocycles. The first-order valence-electron chi connectivity index (χ1n) is 8.73. The van der Waals surface area contributed by atoms with Crippen LogP contribution in [0.5, 0.6) is 5.75 Å². The number of hydrogen-bond donors (Lipinski definition) is 0. The van der Waals surface area contributed by atoms with E-state index in [2.05, 4.69) is 4.90 Å². The molecule has 0 saturated carbocycles. The molecule has 1 aromatic carbocycles. The molecule has 0 spiro atoms. The summed E-state index contributed by atoms with van der Waals surface area (Å²) in [6.45, 7) is 6.12. The van der Waals surface area contributed by atoms with Crippen LogP contribution in [0.4, 0.5) is 11.4 Å². The number of para-hydroxylation sites is 1. The van der Waals surface area contributed by atoms with E-state index < -0.39 is 0 Å². The Morgan fingerprint density at radius 2 is 1.88 bits per heavy atom. The maximum atomic E-state index is 13.1. The molecular weight excluding hydrogens is 306 g/mol. The van der Waals surface area contributed by atoms with E-state index in [-0.39, 0.29) is 17.7 Å². The van der Waals surface area contributed by atoms with Crippen molar-refractivity contribution in [2.75, 3.05) is 49.1 Å². The maximum absolute atomic E-state index is 13.1. The molecule has 3 aliphatic rings. The molecule has 0 N–H and O–H groups in total. The van der Waals surface area contributed by atoms with Crippen molar-refractivity contribution in [2.45, 2.75) is 19.8 Å². The van der Waals surface area contributed by atoms with Crippen LogP contribution in [0.15, 0.2) is 18.2 Å². The third-order valence-electron chi connectivity index (χ3n) is 5.35. The molecule has 0 bridgehead atoms. The number of ether oxygens (including phenoxy) is 1. The van der Waals surface area contributed by atoms with Gasteiger partial charge in [-0.15, -0.1) is 0 Å². The Hall–Kier alpha value is -2.24. The number of hydrogen-bond acceptors (Lipinski definition) is 4. The number of piperidine rings is 1. The van der Waals surface area contributed by atoms with E-state index in [1.165, 1.54) is 0 Å². The zero-order valence-electron chi connectivity index (χ0n) is 14.0. The Morgan fingerprint density at radius 1 is 1.08 bits per heavy atom. The first kappa shape index (κ1) is 15.3. The highest BCUT2D eigenvalue weighted by Gasteiger charge is 2.35. The van der Waals surface area contributed by atoms with Crippen molar-refractivity contribution in [3.05, 3.63) is 18.2 Å². The molecule has 3 aliphatic heterocycles. The van der Waals surface area contributed by atoms with E-state index in [9.17, 15) is 9.59 Å². The molecule has 0 unspecified atom stereocenters. The topological polar surface area (TPSA) is 53.1 Å². The van der Waals surface area contributed by atoms with Crippen molar-refractivity contribution in [2.24, 2.45) is 5.92 Å². The molecule has 128 valence electrons. The van der Waals surface area contributed by atoms with Gasteiger partial charge in [0.25, 0.3) is 0 Å². The quantitative estimate of drug-likeness (QED) is 0.783. The fraction of sp³-hybridized carbons (Fsp3) is 0.556. The highest BCUT2D eigenvalue weighted by atomic mass is 16.5. The summed E-state index contributed by atoms with van der Waals surface area (Å²) < 4.78 is 5.76. The standard InChI is InChI=1S/C18H23N3O3/c1-13(22)19-7-5-14(6-8-19)18(23)21-10-9-20-11-12-24-16-4-2-3-15(21)17(16)20/h2-4,14H,5-12H2,1H3. The summed E-state index contributed by atoms with van der Waals surface area (Å²) in [4.78, 5) is 30.6. The SMILES string of the molecule is CC(=O)N1CCC(C(=O)N2CCN3CCOc4cccc2c43)CC1. The van der Waals surface area contributed by atoms with E-state index in [4.69, 9.17) is 4.74 Å². The molecule has 0 atom stereocenters. The fourth-order valence-electron chi connectivity index (χ4n) is 4.00. The monoisotopic (exact) mass is 329 g/mol. The van der Waals surface area contributed by atoms with Gasteiger partial charge in [0.2, 0.25) is 11.8 Å². The number of rotatable bonds is 1. The van der Waals surface area contributed by atoms with E-state index in [0.29, 0.717) is 19.7 Å². The minimum Gasteiger partial charge on any atom is -0.489 e. The third-order valence-corrected chi connectivity index (χ3v) is 5.35. The Balaban J connectivity index is 1.55. The van der Waals surface area contributed by atoms with Crippen molar-refractivity contribution >= 4 is 23.2 Å². The van der Waals surface area contributed by atoms with Gasteiger partial charge in [-0.05, 0) is 25.0 Å². The van der Waals surface area contributed by atoms with E-state index in [1.807, 2.05) is 28.0 Å². The molecule has 6 nitrogen and oxygen atoms in total. The zero-order valence-corrected chi connectivity index (χ0v) is 14.0. The average Bonchev–Trinajstić information content (AvgIpc) is 2.62. The van der Waals surface area contributed by atoms with Crippen LogP contribution in [0.3, 0.4) is 0 Å². The van der Waals surface area contributed by atoms with Crippen molar-refractivity contribution in [3.8, 4) is 5.75 Å². The minimum absolute atomic E-state index is 0.00696. The normalized spacial score (nSPS) is 20.5. The minimum atomic E-state index is 0.00696. The lowest BCUT2D eigenvalue weighted by Crippen LogP contribution is -2.50. The average molecular weight is 329 g/mol. The predicted molar refractivity (Wildman–Crippen MR) is 91.5 cm³/mol. The van der Waals surface area contributed by atoms with Crippen molar-refractivity contribution < 1.29 is 14.3 Å². The molecule has 2 amide bonds. The van der Waals surface area contributed by atoms with Crippen LogP contribution in [-0.2, 0) is 9.59 Å². The highest BCUT2D eigenvalue weighted by molar-refractivity contribution is 6.00. The molecule has 24 heavy (non-hydrogen) atoms. The third kappa shape index (κ3) is 2.50. The summed E-state index contributed by atoms with van der Waals surface area (Å²) >= 11 is 0. The largest absolute Gasteiger partial charge is 0.489 e. The number of likely N-dealkylation sites (tertiary alicyclic amines) is 1. The van der Waals surface area contributed by atoms with Crippen molar-refractivity contribution in [1.82, 2.24) is 4.90 Å². The number of nitrogens with zero attached hydrogens (tertiary/aromatic N) is 3. The van der Waals surface area contributed by atoms with Crippen LogP contribution in [-0.4, -0.2) is 56.0 Å². The summed E-state index contributed by atoms with van der Waals surface area (Å²) in [6.07, 6.45) is 1.51. The van der Waals surface area contributed by atoms with Gasteiger partial charge in [-0.1, -0.05) is 6.07 Å². The van der Waals surface area contributed by atoms with Gasteiger partial charge in [-0.2, -0.15) is 0 Å². The van der Waals surface area contributed by atoms with Gasteiger partial charge in [0.05, 0.1) is 12.2 Å². The molecule has 0 aromatic heterocycles. The molecule has 0 aliphatic carbocycles. The van der Waals surface area contributed by atoms with Gasteiger partial charge in [0.1, 0.15) is 18.0 Å². The summed E-state index contributed by atoms with van der Waals surface area (Å²) in [5.74, 6) is 1.18. The van der Waals surface area contributed by atoms with Crippen LogP contribution in [0.1, 0.15) is 19.8 Å². The molecule has 6 heteroatoms. The molecule has 1 fully saturated rings. The van der Waals surface area contributed by atoms with Gasteiger partial charge in [-0.25, -0.2) is 0 Å². The van der Waals surface area contributed by atoms with E-state index >= 15 is 0 Å². The van der Waals surface area contributed by atoms with Crippen LogP contribution in [0, 0.1) is 5.92 Å². The second kappa shape index (κ2) is 6.00. The summed E-state index contributed by atoms with van der Waals surface area (Å²) in [5.41, 5.74) is 2.03. The zero-order chi connectivity index (χ0) is 16.7. The van der Waals surface area contributed by atoms with Gasteiger partial charge >= 0.3 is 0 Å². The molecule has 3 heterocycles. The van der Waals surface area contributed by atoms with Crippen molar-refractivity contribution in [1.29, 1.82) is 0 Å². The Kier molecular flexibility index (Phi) is 3.82. The second-order valence-corrected chi connectivity index (χ2v) is 6.73.